The van der Waals surface area contributed by atoms with E-state index in [2.05, 4.69) is 65.9 Å². The summed E-state index contributed by atoms with van der Waals surface area (Å²) in [4.78, 5) is 4.73. The number of hydrogen-bond donors (Lipinski definition) is 1. The first-order chi connectivity index (χ1) is 7.83. The van der Waals surface area contributed by atoms with Gasteiger partial charge in [-0.15, -0.1) is 0 Å². The van der Waals surface area contributed by atoms with Gasteiger partial charge in [0.1, 0.15) is 0 Å². The molecule has 86 valence electrons. The molecule has 1 heterocycles. The Hall–Kier alpha value is -1.09. The van der Waals surface area contributed by atoms with Gasteiger partial charge in [-0.2, -0.15) is 12.6 Å². The number of fused-ring (bicyclic) bond motifs is 1. The minimum atomic E-state index is 0.815. The molecule has 1 aliphatic heterocycles. The molecular weight excluding hydrogens is 216 g/mol. The van der Waals surface area contributed by atoms with Gasteiger partial charge in [-0.3, -0.25) is 0 Å². The Morgan fingerprint density at radius 1 is 1.19 bits per heavy atom. The van der Waals surface area contributed by atoms with E-state index in [-0.39, 0.29) is 0 Å². The molecule has 0 bridgehead atoms. The third-order valence-corrected chi connectivity index (χ3v) is 3.15. The lowest BCUT2D eigenvalue weighted by Gasteiger charge is -2.36. The second-order valence-electron chi connectivity index (χ2n) is 4.01. The summed E-state index contributed by atoms with van der Waals surface area (Å²) in [6.45, 7) is 3.15. The first-order valence-corrected chi connectivity index (χ1v) is 6.27. The number of para-hydroxylation sites is 2. The van der Waals surface area contributed by atoms with Crippen molar-refractivity contribution >= 4 is 24.0 Å². The summed E-state index contributed by atoms with van der Waals surface area (Å²) in [5, 5.41) is 0. The second-order valence-corrected chi connectivity index (χ2v) is 4.38. The largest absolute Gasteiger partial charge is 0.371 e. The Kier molecular flexibility index (Phi) is 3.78. The van der Waals surface area contributed by atoms with E-state index in [9.17, 15) is 0 Å². The standard InChI is InChI=1S/C13H18N2S/c1-14-9-10-15(8-4-5-11-16)13-7-3-2-6-12(13)14/h2-7,16H,8-11H2,1H3. The number of rotatable bonds is 3. The SMILES string of the molecule is CN1CCN(CC=CCS)c2ccccc21. The van der Waals surface area contributed by atoms with Gasteiger partial charge in [0.15, 0.2) is 0 Å². The molecule has 0 atom stereocenters. The first kappa shape index (κ1) is 11.4. The van der Waals surface area contributed by atoms with Gasteiger partial charge in [0.25, 0.3) is 0 Å². The van der Waals surface area contributed by atoms with Gasteiger partial charge >= 0.3 is 0 Å². The van der Waals surface area contributed by atoms with Gasteiger partial charge < -0.3 is 9.80 Å². The summed E-state index contributed by atoms with van der Waals surface area (Å²) in [5.74, 6) is 0.815. The highest BCUT2D eigenvalue weighted by Gasteiger charge is 2.18. The topological polar surface area (TPSA) is 6.48 Å². The van der Waals surface area contributed by atoms with E-state index in [1.54, 1.807) is 0 Å². The van der Waals surface area contributed by atoms with Crippen LogP contribution in [0.25, 0.3) is 0 Å². The van der Waals surface area contributed by atoms with Crippen LogP contribution in [0.15, 0.2) is 36.4 Å². The molecule has 0 radical (unpaired) electrons. The Morgan fingerprint density at radius 3 is 2.69 bits per heavy atom. The van der Waals surface area contributed by atoms with Crippen LogP contribution in [-0.2, 0) is 0 Å². The molecule has 0 aliphatic carbocycles. The minimum absolute atomic E-state index is 0.815. The van der Waals surface area contributed by atoms with E-state index in [1.807, 2.05) is 0 Å². The molecule has 3 heteroatoms. The molecule has 0 saturated heterocycles. The fourth-order valence-electron chi connectivity index (χ4n) is 2.03. The zero-order valence-electron chi connectivity index (χ0n) is 9.63. The fourth-order valence-corrected chi connectivity index (χ4v) is 2.18. The number of thiol groups is 1. The molecule has 0 N–H and O–H groups in total. The maximum absolute atomic E-state index is 4.17. The molecule has 0 saturated carbocycles. The number of hydrogen-bond acceptors (Lipinski definition) is 3. The van der Waals surface area contributed by atoms with Crippen LogP contribution in [-0.4, -0.2) is 32.4 Å². The second kappa shape index (κ2) is 5.30. The third kappa shape index (κ3) is 2.35. The van der Waals surface area contributed by atoms with Crippen LogP contribution >= 0.6 is 12.6 Å². The van der Waals surface area contributed by atoms with Crippen molar-refractivity contribution in [1.29, 1.82) is 0 Å². The lowest BCUT2D eigenvalue weighted by atomic mass is 10.2. The molecule has 0 aromatic heterocycles. The summed E-state index contributed by atoms with van der Waals surface area (Å²) in [6, 6.07) is 8.58. The van der Waals surface area contributed by atoms with Gasteiger partial charge in [-0.1, -0.05) is 24.3 Å². The maximum atomic E-state index is 4.17. The summed E-state index contributed by atoms with van der Waals surface area (Å²) in [5.41, 5.74) is 2.66. The highest BCUT2D eigenvalue weighted by atomic mass is 32.1. The van der Waals surface area contributed by atoms with Crippen LogP contribution in [0.2, 0.25) is 0 Å². The molecular formula is C13H18N2S. The van der Waals surface area contributed by atoms with Gasteiger partial charge in [-0.05, 0) is 12.1 Å². The van der Waals surface area contributed by atoms with Crippen molar-refractivity contribution in [2.45, 2.75) is 0 Å². The minimum Gasteiger partial charge on any atom is -0.371 e. The molecule has 1 aromatic carbocycles. The number of anilines is 2. The predicted octanol–water partition coefficient (Wildman–Crippen LogP) is 2.43. The van der Waals surface area contributed by atoms with Crippen LogP contribution in [0.4, 0.5) is 11.4 Å². The van der Waals surface area contributed by atoms with Crippen molar-refractivity contribution in [3.63, 3.8) is 0 Å². The highest BCUT2D eigenvalue weighted by molar-refractivity contribution is 7.80. The van der Waals surface area contributed by atoms with E-state index in [4.69, 9.17) is 0 Å². The summed E-state index contributed by atoms with van der Waals surface area (Å²) in [6.07, 6.45) is 4.29. The van der Waals surface area contributed by atoms with Gasteiger partial charge in [0.2, 0.25) is 0 Å². The van der Waals surface area contributed by atoms with Crippen molar-refractivity contribution in [3.05, 3.63) is 36.4 Å². The van der Waals surface area contributed by atoms with Crippen molar-refractivity contribution < 1.29 is 0 Å². The Balaban J connectivity index is 2.18. The van der Waals surface area contributed by atoms with Crippen LogP contribution in [0, 0.1) is 0 Å². The normalized spacial score (nSPS) is 15.6. The monoisotopic (exact) mass is 234 g/mol. The molecule has 16 heavy (non-hydrogen) atoms. The fraction of sp³-hybridized carbons (Fsp3) is 0.385. The smallest absolute Gasteiger partial charge is 0.0607 e. The maximum Gasteiger partial charge on any atom is 0.0607 e. The molecule has 0 fully saturated rings. The van der Waals surface area contributed by atoms with Crippen molar-refractivity contribution in [2.75, 3.05) is 42.2 Å². The molecule has 0 amide bonds. The van der Waals surface area contributed by atoms with Gasteiger partial charge in [0.05, 0.1) is 11.4 Å². The quantitative estimate of drug-likeness (QED) is 0.634. The summed E-state index contributed by atoms with van der Waals surface area (Å²) in [7, 11) is 2.15. The average Bonchev–Trinajstić information content (AvgIpc) is 2.33. The van der Waals surface area contributed by atoms with Crippen LogP contribution < -0.4 is 9.80 Å². The van der Waals surface area contributed by atoms with E-state index < -0.39 is 0 Å². The van der Waals surface area contributed by atoms with Crippen LogP contribution in [0.5, 0.6) is 0 Å². The molecule has 1 aromatic rings. The summed E-state index contributed by atoms with van der Waals surface area (Å²) >= 11 is 4.17. The zero-order valence-corrected chi connectivity index (χ0v) is 10.5. The third-order valence-electron chi connectivity index (χ3n) is 2.94. The van der Waals surface area contributed by atoms with E-state index in [0.717, 1.165) is 25.4 Å². The zero-order chi connectivity index (χ0) is 11.4. The summed E-state index contributed by atoms with van der Waals surface area (Å²) < 4.78 is 0. The highest BCUT2D eigenvalue weighted by Crippen LogP contribution is 2.31. The van der Waals surface area contributed by atoms with Crippen molar-refractivity contribution in [1.82, 2.24) is 0 Å². The molecule has 1 aliphatic rings. The Bertz CT molecular complexity index is 376. The van der Waals surface area contributed by atoms with Crippen molar-refractivity contribution in [2.24, 2.45) is 0 Å². The Labute approximate surface area is 103 Å². The van der Waals surface area contributed by atoms with Gasteiger partial charge in [-0.25, -0.2) is 0 Å². The van der Waals surface area contributed by atoms with E-state index in [1.165, 1.54) is 11.4 Å². The first-order valence-electron chi connectivity index (χ1n) is 5.64. The lowest BCUT2D eigenvalue weighted by Crippen LogP contribution is -2.39. The molecule has 2 rings (SSSR count). The lowest BCUT2D eigenvalue weighted by molar-refractivity contribution is 0.771. The Morgan fingerprint density at radius 2 is 1.94 bits per heavy atom. The van der Waals surface area contributed by atoms with E-state index in [0.29, 0.717) is 0 Å². The van der Waals surface area contributed by atoms with E-state index >= 15 is 0 Å². The van der Waals surface area contributed by atoms with Gasteiger partial charge in [0, 0.05) is 32.4 Å². The number of benzene rings is 1. The van der Waals surface area contributed by atoms with Crippen LogP contribution in [0.3, 0.4) is 0 Å². The average molecular weight is 234 g/mol. The predicted molar refractivity (Wildman–Crippen MR) is 74.9 cm³/mol. The van der Waals surface area contributed by atoms with Crippen molar-refractivity contribution in [3.8, 4) is 0 Å². The number of likely N-dealkylation sites (N-methyl/N-ethyl adjacent to an activating group) is 1. The molecule has 0 unspecified atom stereocenters. The molecule has 0 spiro atoms. The van der Waals surface area contributed by atoms with Crippen LogP contribution in [0.1, 0.15) is 0 Å². The molecule has 2 nitrogen and oxygen atoms in total. The number of nitrogens with zero attached hydrogens (tertiary/aromatic N) is 2.